The van der Waals surface area contributed by atoms with Crippen LogP contribution in [0.2, 0.25) is 0 Å². The Labute approximate surface area is 168 Å². The van der Waals surface area contributed by atoms with Crippen molar-refractivity contribution in [2.45, 2.75) is 19.4 Å². The van der Waals surface area contributed by atoms with E-state index in [1.807, 2.05) is 49.4 Å². The Morgan fingerprint density at radius 3 is 2.57 bits per heavy atom. The lowest BCUT2D eigenvalue weighted by atomic mass is 10.0. The number of amides is 2. The summed E-state index contributed by atoms with van der Waals surface area (Å²) in [7, 11) is 0. The Balaban J connectivity index is 1.63. The largest absolute Gasteiger partial charge is 0.323 e. The number of hydrogen-bond donors (Lipinski definition) is 0. The zero-order chi connectivity index (χ0) is 19.5. The fourth-order valence-electron chi connectivity index (χ4n) is 3.51. The first-order valence-electron chi connectivity index (χ1n) is 9.22. The van der Waals surface area contributed by atoms with Gasteiger partial charge in [-0.3, -0.25) is 9.59 Å². The van der Waals surface area contributed by atoms with E-state index in [1.54, 1.807) is 20.7 Å². The number of aryl methyl sites for hydroxylation is 1. The van der Waals surface area contributed by atoms with Gasteiger partial charge in [0.1, 0.15) is 12.2 Å². The monoisotopic (exact) mass is 391 g/mol. The standard InChI is InChI=1S/C22H21N3O2S/c1-16-7-9-18(10-8-16)24-12-19(11-17-5-3-2-4-6-17)25(13-21(24)26)22(27)20-14-28-15-23-20/h2-10,14-15,19H,11-13H2,1H3. The van der Waals surface area contributed by atoms with Gasteiger partial charge >= 0.3 is 0 Å². The Hall–Kier alpha value is -2.99. The summed E-state index contributed by atoms with van der Waals surface area (Å²) >= 11 is 1.38. The van der Waals surface area contributed by atoms with Gasteiger partial charge < -0.3 is 9.80 Å². The van der Waals surface area contributed by atoms with Gasteiger partial charge in [-0.2, -0.15) is 0 Å². The second-order valence-electron chi connectivity index (χ2n) is 6.99. The van der Waals surface area contributed by atoms with Gasteiger partial charge in [0.15, 0.2) is 0 Å². The molecule has 1 atom stereocenters. The Morgan fingerprint density at radius 1 is 1.14 bits per heavy atom. The molecule has 2 aromatic carbocycles. The highest BCUT2D eigenvalue weighted by Gasteiger charge is 2.36. The predicted octanol–water partition coefficient (Wildman–Crippen LogP) is 3.55. The SMILES string of the molecule is Cc1ccc(N2CC(Cc3ccccc3)N(C(=O)c3cscn3)CC2=O)cc1. The van der Waals surface area contributed by atoms with E-state index < -0.39 is 0 Å². The zero-order valence-electron chi connectivity index (χ0n) is 15.6. The van der Waals surface area contributed by atoms with Crippen LogP contribution >= 0.6 is 11.3 Å². The highest BCUT2D eigenvalue weighted by molar-refractivity contribution is 7.07. The molecule has 1 aliphatic heterocycles. The van der Waals surface area contributed by atoms with E-state index in [9.17, 15) is 9.59 Å². The Bertz CT molecular complexity index is 955. The Morgan fingerprint density at radius 2 is 1.89 bits per heavy atom. The average Bonchev–Trinajstić information content (AvgIpc) is 3.25. The topological polar surface area (TPSA) is 53.5 Å². The number of rotatable bonds is 4. The van der Waals surface area contributed by atoms with E-state index >= 15 is 0 Å². The summed E-state index contributed by atoms with van der Waals surface area (Å²) in [6.07, 6.45) is 0.687. The van der Waals surface area contributed by atoms with Gasteiger partial charge in [0, 0.05) is 17.6 Å². The molecule has 1 fully saturated rings. The van der Waals surface area contributed by atoms with Gasteiger partial charge in [0.2, 0.25) is 5.91 Å². The van der Waals surface area contributed by atoms with Crippen LogP contribution in [0.4, 0.5) is 5.69 Å². The van der Waals surface area contributed by atoms with Gasteiger partial charge in [-0.15, -0.1) is 11.3 Å². The van der Waals surface area contributed by atoms with Gasteiger partial charge in [-0.05, 0) is 31.0 Å². The van der Waals surface area contributed by atoms with Crippen molar-refractivity contribution < 1.29 is 9.59 Å². The molecule has 0 bridgehead atoms. The summed E-state index contributed by atoms with van der Waals surface area (Å²) in [5.74, 6) is -0.254. The number of nitrogens with zero attached hydrogens (tertiary/aromatic N) is 3. The van der Waals surface area contributed by atoms with Crippen LogP contribution in [0.15, 0.2) is 65.5 Å². The number of benzene rings is 2. The third-order valence-electron chi connectivity index (χ3n) is 5.01. The molecule has 142 valence electrons. The molecular formula is C22H21N3O2S. The molecule has 1 unspecified atom stereocenters. The van der Waals surface area contributed by atoms with Crippen molar-refractivity contribution in [1.82, 2.24) is 9.88 Å². The first kappa shape index (κ1) is 18.4. The normalized spacial score (nSPS) is 17.0. The first-order chi connectivity index (χ1) is 13.6. The van der Waals surface area contributed by atoms with Crippen molar-refractivity contribution in [1.29, 1.82) is 0 Å². The second kappa shape index (κ2) is 7.94. The quantitative estimate of drug-likeness (QED) is 0.683. The lowest BCUT2D eigenvalue weighted by Gasteiger charge is -2.41. The zero-order valence-corrected chi connectivity index (χ0v) is 16.4. The molecule has 0 N–H and O–H groups in total. The molecule has 2 amide bonds. The summed E-state index contributed by atoms with van der Waals surface area (Å²) in [4.78, 5) is 33.5. The predicted molar refractivity (Wildman–Crippen MR) is 111 cm³/mol. The van der Waals surface area contributed by atoms with E-state index in [0.29, 0.717) is 18.7 Å². The number of carbonyl (C=O) groups is 2. The van der Waals surface area contributed by atoms with E-state index in [2.05, 4.69) is 17.1 Å². The van der Waals surface area contributed by atoms with Crippen LogP contribution in [0.25, 0.3) is 0 Å². The molecule has 5 nitrogen and oxygen atoms in total. The number of aromatic nitrogens is 1. The molecule has 0 saturated carbocycles. The molecule has 0 radical (unpaired) electrons. The van der Waals surface area contributed by atoms with Crippen molar-refractivity contribution in [2.24, 2.45) is 0 Å². The molecule has 3 aromatic rings. The van der Waals surface area contributed by atoms with Crippen molar-refractivity contribution in [3.63, 3.8) is 0 Å². The minimum Gasteiger partial charge on any atom is -0.323 e. The van der Waals surface area contributed by atoms with Gasteiger partial charge in [0.05, 0.1) is 11.6 Å². The van der Waals surface area contributed by atoms with Crippen LogP contribution in [0, 0.1) is 6.92 Å². The Kier molecular flexibility index (Phi) is 5.21. The van der Waals surface area contributed by atoms with Crippen LogP contribution in [0.1, 0.15) is 21.6 Å². The van der Waals surface area contributed by atoms with Crippen molar-refractivity contribution in [3.05, 3.63) is 82.3 Å². The van der Waals surface area contributed by atoms with Gasteiger partial charge in [0.25, 0.3) is 5.91 Å². The number of carbonyl (C=O) groups excluding carboxylic acids is 2. The molecule has 6 heteroatoms. The smallest absolute Gasteiger partial charge is 0.274 e. The molecule has 0 aliphatic carbocycles. The maximum Gasteiger partial charge on any atom is 0.274 e. The van der Waals surface area contributed by atoms with Gasteiger partial charge in [-0.25, -0.2) is 4.98 Å². The van der Waals surface area contributed by atoms with E-state index in [1.165, 1.54) is 11.3 Å². The van der Waals surface area contributed by atoms with Crippen LogP contribution in [0.3, 0.4) is 0 Å². The van der Waals surface area contributed by atoms with Crippen LogP contribution in [-0.4, -0.2) is 40.8 Å². The number of thiazole rings is 1. The first-order valence-corrected chi connectivity index (χ1v) is 10.2. The minimum absolute atomic E-state index is 0.0573. The summed E-state index contributed by atoms with van der Waals surface area (Å²) in [5, 5.41) is 1.73. The number of anilines is 1. The summed E-state index contributed by atoms with van der Waals surface area (Å²) < 4.78 is 0. The molecule has 1 aromatic heterocycles. The molecule has 1 saturated heterocycles. The minimum atomic E-state index is -0.181. The summed E-state index contributed by atoms with van der Waals surface area (Å²) in [6, 6.07) is 17.9. The average molecular weight is 391 g/mol. The molecular weight excluding hydrogens is 370 g/mol. The summed E-state index contributed by atoms with van der Waals surface area (Å²) in [5.41, 5.74) is 5.20. The molecule has 28 heavy (non-hydrogen) atoms. The third kappa shape index (κ3) is 3.82. The highest BCUT2D eigenvalue weighted by Crippen LogP contribution is 2.24. The molecule has 1 aliphatic rings. The highest BCUT2D eigenvalue weighted by atomic mass is 32.1. The number of piperazine rings is 1. The van der Waals surface area contributed by atoms with E-state index in [0.717, 1.165) is 16.8 Å². The van der Waals surface area contributed by atoms with Crippen molar-refractivity contribution in [2.75, 3.05) is 18.0 Å². The molecule has 0 spiro atoms. The van der Waals surface area contributed by atoms with Crippen LogP contribution < -0.4 is 4.90 Å². The maximum absolute atomic E-state index is 13.0. The summed E-state index contributed by atoms with van der Waals surface area (Å²) in [6.45, 7) is 2.54. The van der Waals surface area contributed by atoms with Crippen molar-refractivity contribution >= 4 is 28.8 Å². The molecule has 2 heterocycles. The van der Waals surface area contributed by atoms with Gasteiger partial charge in [-0.1, -0.05) is 48.0 Å². The lowest BCUT2D eigenvalue weighted by Crippen LogP contribution is -2.59. The third-order valence-corrected chi connectivity index (χ3v) is 5.60. The fourth-order valence-corrected chi connectivity index (χ4v) is 4.04. The van der Waals surface area contributed by atoms with Crippen molar-refractivity contribution in [3.8, 4) is 0 Å². The fraction of sp³-hybridized carbons (Fsp3) is 0.227. The van der Waals surface area contributed by atoms with E-state index in [-0.39, 0.29) is 24.4 Å². The molecule has 4 rings (SSSR count). The number of hydrogen-bond acceptors (Lipinski definition) is 4. The second-order valence-corrected chi connectivity index (χ2v) is 7.71. The van der Waals surface area contributed by atoms with E-state index in [4.69, 9.17) is 0 Å². The van der Waals surface area contributed by atoms with Crippen LogP contribution in [-0.2, 0) is 11.2 Å². The maximum atomic E-state index is 13.0. The lowest BCUT2D eigenvalue weighted by molar-refractivity contribution is -0.121. The van der Waals surface area contributed by atoms with Crippen LogP contribution in [0.5, 0.6) is 0 Å².